The summed E-state index contributed by atoms with van der Waals surface area (Å²) in [4.78, 5) is 0. The molecule has 0 fully saturated rings. The summed E-state index contributed by atoms with van der Waals surface area (Å²) >= 11 is 0. The minimum Gasteiger partial charge on any atom is -0.313 e. The van der Waals surface area contributed by atoms with Crippen LogP contribution >= 0.6 is 0 Å². The van der Waals surface area contributed by atoms with Crippen molar-refractivity contribution in [3.05, 3.63) is 35.4 Å². The Kier molecular flexibility index (Phi) is 4.26. The van der Waals surface area contributed by atoms with E-state index < -0.39 is 11.6 Å². The molecule has 1 N–H and O–H groups in total. The Morgan fingerprint density at radius 1 is 1.40 bits per heavy atom. The van der Waals surface area contributed by atoms with Crippen molar-refractivity contribution < 1.29 is 8.78 Å². The first-order valence-electron chi connectivity index (χ1n) is 4.75. The molecule has 1 nitrogen and oxygen atoms in total. The highest BCUT2D eigenvalue weighted by atomic mass is 19.1. The molecule has 1 rings (SSSR count). The fourth-order valence-electron chi connectivity index (χ4n) is 1.50. The van der Waals surface area contributed by atoms with Gasteiger partial charge in [-0.2, -0.15) is 0 Å². The Hall–Kier alpha value is -1.40. The van der Waals surface area contributed by atoms with Gasteiger partial charge < -0.3 is 5.32 Å². The van der Waals surface area contributed by atoms with Crippen LogP contribution in [0, 0.1) is 24.0 Å². The van der Waals surface area contributed by atoms with E-state index in [-0.39, 0.29) is 11.6 Å². The number of hydrogen-bond acceptors (Lipinski definition) is 1. The van der Waals surface area contributed by atoms with E-state index in [1.54, 1.807) is 7.05 Å². The van der Waals surface area contributed by atoms with Crippen LogP contribution in [0.15, 0.2) is 18.2 Å². The van der Waals surface area contributed by atoms with Gasteiger partial charge in [-0.05, 0) is 25.6 Å². The highest BCUT2D eigenvalue weighted by Crippen LogP contribution is 2.23. The molecule has 0 spiro atoms. The van der Waals surface area contributed by atoms with Crippen molar-refractivity contribution in [2.45, 2.75) is 18.9 Å². The standard InChI is InChI=1S/C12H13F2N/c1-3-4-8-11(15-2)12-9(13)6-5-7-10(12)14/h1,5-7,11,15H,4,8H2,2H3. The molecular weight excluding hydrogens is 196 g/mol. The fraction of sp³-hybridized carbons (Fsp3) is 0.333. The van der Waals surface area contributed by atoms with Gasteiger partial charge in [0, 0.05) is 18.0 Å². The highest BCUT2D eigenvalue weighted by Gasteiger charge is 2.17. The van der Waals surface area contributed by atoms with E-state index in [4.69, 9.17) is 6.42 Å². The van der Waals surface area contributed by atoms with Crippen molar-refractivity contribution in [2.75, 3.05) is 7.05 Å². The fourth-order valence-corrected chi connectivity index (χ4v) is 1.50. The third kappa shape index (κ3) is 2.77. The van der Waals surface area contributed by atoms with Crippen LogP contribution in [0.1, 0.15) is 24.4 Å². The third-order valence-electron chi connectivity index (χ3n) is 2.27. The molecule has 80 valence electrons. The summed E-state index contributed by atoms with van der Waals surface area (Å²) in [7, 11) is 1.66. The van der Waals surface area contributed by atoms with Gasteiger partial charge in [0.15, 0.2) is 0 Å². The molecule has 0 bridgehead atoms. The van der Waals surface area contributed by atoms with Crippen LogP contribution < -0.4 is 5.32 Å². The largest absolute Gasteiger partial charge is 0.313 e. The molecule has 1 aromatic rings. The smallest absolute Gasteiger partial charge is 0.130 e. The van der Waals surface area contributed by atoms with Gasteiger partial charge in [0.1, 0.15) is 11.6 Å². The third-order valence-corrected chi connectivity index (χ3v) is 2.27. The van der Waals surface area contributed by atoms with Gasteiger partial charge in [0.2, 0.25) is 0 Å². The molecule has 0 saturated carbocycles. The van der Waals surface area contributed by atoms with Gasteiger partial charge in [0.25, 0.3) is 0 Å². The maximum atomic E-state index is 13.4. The zero-order chi connectivity index (χ0) is 11.3. The average molecular weight is 209 g/mol. The van der Waals surface area contributed by atoms with Crippen molar-refractivity contribution in [2.24, 2.45) is 0 Å². The van der Waals surface area contributed by atoms with E-state index in [2.05, 4.69) is 11.2 Å². The molecule has 1 unspecified atom stereocenters. The van der Waals surface area contributed by atoms with Crippen molar-refractivity contribution in [3.8, 4) is 12.3 Å². The van der Waals surface area contributed by atoms with E-state index in [9.17, 15) is 8.78 Å². The zero-order valence-electron chi connectivity index (χ0n) is 8.56. The molecule has 0 aliphatic rings. The van der Waals surface area contributed by atoms with Gasteiger partial charge in [-0.1, -0.05) is 6.07 Å². The van der Waals surface area contributed by atoms with Gasteiger partial charge in [-0.3, -0.25) is 0 Å². The lowest BCUT2D eigenvalue weighted by molar-refractivity contribution is 0.475. The normalized spacial score (nSPS) is 12.1. The first kappa shape index (κ1) is 11.7. The molecule has 0 amide bonds. The summed E-state index contributed by atoms with van der Waals surface area (Å²) in [5, 5.41) is 2.86. The Labute approximate surface area is 88.5 Å². The zero-order valence-corrected chi connectivity index (χ0v) is 8.56. The van der Waals surface area contributed by atoms with Gasteiger partial charge in [0.05, 0.1) is 0 Å². The molecule has 3 heteroatoms. The summed E-state index contributed by atoms with van der Waals surface area (Å²) in [6, 6.07) is 3.47. The van der Waals surface area contributed by atoms with E-state index in [1.165, 1.54) is 18.2 Å². The van der Waals surface area contributed by atoms with Crippen LogP contribution in [-0.2, 0) is 0 Å². The molecule has 0 aromatic heterocycles. The van der Waals surface area contributed by atoms with E-state index >= 15 is 0 Å². The second-order valence-electron chi connectivity index (χ2n) is 3.22. The van der Waals surface area contributed by atoms with Crippen molar-refractivity contribution in [1.29, 1.82) is 0 Å². The molecule has 0 heterocycles. The predicted octanol–water partition coefficient (Wildman–Crippen LogP) is 2.64. The molecule has 0 aliphatic carbocycles. The van der Waals surface area contributed by atoms with Gasteiger partial charge in [-0.25, -0.2) is 8.78 Å². The van der Waals surface area contributed by atoms with Gasteiger partial charge >= 0.3 is 0 Å². The van der Waals surface area contributed by atoms with E-state index in [0.717, 1.165) is 0 Å². The number of terminal acetylenes is 1. The predicted molar refractivity (Wildman–Crippen MR) is 56.2 cm³/mol. The first-order chi connectivity index (χ1) is 7.20. The van der Waals surface area contributed by atoms with Crippen LogP contribution in [-0.4, -0.2) is 7.05 Å². The maximum absolute atomic E-state index is 13.4. The number of rotatable bonds is 4. The van der Waals surface area contributed by atoms with Crippen molar-refractivity contribution >= 4 is 0 Å². The van der Waals surface area contributed by atoms with Crippen LogP contribution in [0.25, 0.3) is 0 Å². The lowest BCUT2D eigenvalue weighted by Gasteiger charge is -2.16. The summed E-state index contributed by atoms with van der Waals surface area (Å²) in [6.07, 6.45) is 6.12. The molecule has 0 radical (unpaired) electrons. The van der Waals surface area contributed by atoms with Crippen LogP contribution in [0.4, 0.5) is 8.78 Å². The molecular formula is C12H13F2N. The number of nitrogens with one attached hydrogen (secondary N) is 1. The first-order valence-corrected chi connectivity index (χ1v) is 4.75. The Balaban J connectivity index is 2.96. The Morgan fingerprint density at radius 2 is 2.00 bits per heavy atom. The van der Waals surface area contributed by atoms with Crippen molar-refractivity contribution in [3.63, 3.8) is 0 Å². The molecule has 0 aliphatic heterocycles. The lowest BCUT2D eigenvalue weighted by atomic mass is 10.0. The van der Waals surface area contributed by atoms with Crippen LogP contribution in [0.2, 0.25) is 0 Å². The monoisotopic (exact) mass is 209 g/mol. The maximum Gasteiger partial charge on any atom is 0.130 e. The topological polar surface area (TPSA) is 12.0 Å². The minimum atomic E-state index is -0.536. The Bertz CT molecular complexity index is 348. The van der Waals surface area contributed by atoms with E-state index in [0.29, 0.717) is 12.8 Å². The quantitative estimate of drug-likeness (QED) is 0.752. The SMILES string of the molecule is C#CCCC(NC)c1c(F)cccc1F. The van der Waals surface area contributed by atoms with Crippen molar-refractivity contribution in [1.82, 2.24) is 5.32 Å². The lowest BCUT2D eigenvalue weighted by Crippen LogP contribution is -2.19. The molecule has 15 heavy (non-hydrogen) atoms. The molecule has 1 atom stereocenters. The van der Waals surface area contributed by atoms with E-state index in [1.807, 2.05) is 0 Å². The van der Waals surface area contributed by atoms with Crippen LogP contribution in [0.3, 0.4) is 0 Å². The second kappa shape index (κ2) is 5.47. The second-order valence-corrected chi connectivity index (χ2v) is 3.22. The number of hydrogen-bond donors (Lipinski definition) is 1. The minimum absolute atomic E-state index is 0.0650. The number of halogens is 2. The molecule has 1 aromatic carbocycles. The van der Waals surface area contributed by atoms with Gasteiger partial charge in [-0.15, -0.1) is 12.3 Å². The summed E-state index contributed by atoms with van der Waals surface area (Å²) in [5.74, 6) is 1.38. The summed E-state index contributed by atoms with van der Waals surface area (Å²) in [5.41, 5.74) is 0.0650. The summed E-state index contributed by atoms with van der Waals surface area (Å²) < 4.78 is 26.8. The summed E-state index contributed by atoms with van der Waals surface area (Å²) in [6.45, 7) is 0. The Morgan fingerprint density at radius 3 is 2.47 bits per heavy atom. The highest BCUT2D eigenvalue weighted by molar-refractivity contribution is 5.23. The molecule has 0 saturated heterocycles. The average Bonchev–Trinajstić information content (AvgIpc) is 2.22. The number of benzene rings is 1. The van der Waals surface area contributed by atoms with Crippen LogP contribution in [0.5, 0.6) is 0 Å².